The summed E-state index contributed by atoms with van der Waals surface area (Å²) >= 11 is 9.44. The first-order valence-corrected chi connectivity index (χ1v) is 11.0. The van der Waals surface area contributed by atoms with E-state index in [9.17, 15) is 9.59 Å². The minimum atomic E-state index is -0.604. The predicted octanol–water partition coefficient (Wildman–Crippen LogP) is 5.58. The van der Waals surface area contributed by atoms with Crippen LogP contribution in [0, 0.1) is 0 Å². The first kappa shape index (κ1) is 24.2. The summed E-state index contributed by atoms with van der Waals surface area (Å²) in [5.74, 6) is -0.175. The molecule has 6 nitrogen and oxygen atoms in total. The Labute approximate surface area is 205 Å². The number of esters is 1. The molecule has 0 fully saturated rings. The van der Waals surface area contributed by atoms with Gasteiger partial charge < -0.3 is 9.47 Å². The zero-order valence-corrected chi connectivity index (χ0v) is 19.8. The zero-order chi connectivity index (χ0) is 23.6. The third kappa shape index (κ3) is 7.03. The SMILES string of the molecule is C=CCc1ccccc1OCC(=O)N/N=C\c1cc(Br)ccc1OC(=O)c1ccccc1Cl. The molecule has 0 bridgehead atoms. The molecule has 0 aromatic heterocycles. The van der Waals surface area contributed by atoms with Crippen molar-refractivity contribution in [1.29, 1.82) is 0 Å². The van der Waals surface area contributed by atoms with Gasteiger partial charge in [-0.05, 0) is 48.4 Å². The minimum absolute atomic E-state index is 0.210. The topological polar surface area (TPSA) is 77.0 Å². The lowest BCUT2D eigenvalue weighted by Gasteiger charge is -2.10. The number of amides is 1. The van der Waals surface area contributed by atoms with Crippen LogP contribution in [0.2, 0.25) is 5.02 Å². The monoisotopic (exact) mass is 526 g/mol. The van der Waals surface area contributed by atoms with Gasteiger partial charge in [0.15, 0.2) is 6.61 Å². The number of ether oxygens (including phenoxy) is 2. The van der Waals surface area contributed by atoms with Crippen LogP contribution in [0.1, 0.15) is 21.5 Å². The van der Waals surface area contributed by atoms with Crippen LogP contribution in [0.4, 0.5) is 0 Å². The molecular weight excluding hydrogens is 508 g/mol. The van der Waals surface area contributed by atoms with Gasteiger partial charge in [0.1, 0.15) is 11.5 Å². The van der Waals surface area contributed by atoms with Gasteiger partial charge in [0.2, 0.25) is 0 Å². The fourth-order valence-electron chi connectivity index (χ4n) is 2.81. The highest BCUT2D eigenvalue weighted by Gasteiger charge is 2.14. The van der Waals surface area contributed by atoms with E-state index >= 15 is 0 Å². The lowest BCUT2D eigenvalue weighted by molar-refractivity contribution is -0.123. The lowest BCUT2D eigenvalue weighted by Crippen LogP contribution is -2.24. The molecule has 168 valence electrons. The average molecular weight is 528 g/mol. The quantitative estimate of drug-likeness (QED) is 0.130. The molecule has 33 heavy (non-hydrogen) atoms. The number of halogens is 2. The number of benzene rings is 3. The Hall–Kier alpha value is -3.42. The second-order valence-electron chi connectivity index (χ2n) is 6.73. The third-order valence-electron chi connectivity index (χ3n) is 4.36. The van der Waals surface area contributed by atoms with E-state index in [1.807, 2.05) is 18.2 Å². The fraction of sp³-hybridized carbons (Fsp3) is 0.0800. The molecule has 0 saturated carbocycles. The van der Waals surface area contributed by atoms with Crippen molar-refractivity contribution >= 4 is 45.6 Å². The highest BCUT2D eigenvalue weighted by atomic mass is 79.9. The number of hydrogen-bond donors (Lipinski definition) is 1. The molecule has 8 heteroatoms. The van der Waals surface area contributed by atoms with E-state index in [-0.39, 0.29) is 22.9 Å². The Kier molecular flexibility index (Phi) is 8.80. The largest absolute Gasteiger partial charge is 0.483 e. The summed E-state index contributed by atoms with van der Waals surface area (Å²) in [5, 5.41) is 4.24. The predicted molar refractivity (Wildman–Crippen MR) is 132 cm³/mol. The van der Waals surface area contributed by atoms with Gasteiger partial charge in [-0.3, -0.25) is 4.79 Å². The van der Waals surface area contributed by atoms with E-state index in [2.05, 4.69) is 33.0 Å². The van der Waals surface area contributed by atoms with Crippen molar-refractivity contribution < 1.29 is 19.1 Å². The fourth-order valence-corrected chi connectivity index (χ4v) is 3.40. The number of allylic oxidation sites excluding steroid dienone is 1. The Morgan fingerprint density at radius 2 is 1.82 bits per heavy atom. The van der Waals surface area contributed by atoms with Crippen LogP contribution < -0.4 is 14.9 Å². The molecule has 0 radical (unpaired) electrons. The van der Waals surface area contributed by atoms with Crippen molar-refractivity contribution in [2.75, 3.05) is 6.61 Å². The molecule has 3 aromatic rings. The second-order valence-corrected chi connectivity index (χ2v) is 8.06. The van der Waals surface area contributed by atoms with Gasteiger partial charge in [-0.25, -0.2) is 10.2 Å². The summed E-state index contributed by atoms with van der Waals surface area (Å²) in [6.45, 7) is 3.51. The molecule has 0 heterocycles. The summed E-state index contributed by atoms with van der Waals surface area (Å²) in [7, 11) is 0. The molecule has 3 rings (SSSR count). The maximum Gasteiger partial charge on any atom is 0.345 e. The highest BCUT2D eigenvalue weighted by Crippen LogP contribution is 2.24. The molecule has 0 saturated heterocycles. The molecule has 0 aliphatic rings. The lowest BCUT2D eigenvalue weighted by atomic mass is 10.1. The molecule has 0 spiro atoms. The minimum Gasteiger partial charge on any atom is -0.483 e. The van der Waals surface area contributed by atoms with E-state index in [0.29, 0.717) is 17.7 Å². The number of hydrazone groups is 1. The zero-order valence-electron chi connectivity index (χ0n) is 17.5. The third-order valence-corrected chi connectivity index (χ3v) is 5.18. The first-order chi connectivity index (χ1) is 16.0. The van der Waals surface area contributed by atoms with Crippen LogP contribution in [0.15, 0.2) is 89.0 Å². The molecule has 0 unspecified atom stereocenters. The number of carbonyl (C=O) groups is 2. The van der Waals surface area contributed by atoms with Crippen LogP contribution in [-0.2, 0) is 11.2 Å². The van der Waals surface area contributed by atoms with Gasteiger partial charge in [-0.1, -0.05) is 63.9 Å². The summed E-state index contributed by atoms with van der Waals surface area (Å²) < 4.78 is 11.8. The van der Waals surface area contributed by atoms with Gasteiger partial charge in [0.05, 0.1) is 16.8 Å². The molecule has 3 aromatic carbocycles. The molecule has 0 atom stereocenters. The molecule has 1 N–H and O–H groups in total. The Bertz CT molecular complexity index is 1200. The smallest absolute Gasteiger partial charge is 0.345 e. The Balaban J connectivity index is 1.63. The normalized spacial score (nSPS) is 10.6. The van der Waals surface area contributed by atoms with E-state index < -0.39 is 11.9 Å². The Morgan fingerprint density at radius 1 is 1.06 bits per heavy atom. The van der Waals surface area contributed by atoms with Crippen molar-refractivity contribution in [3.05, 3.63) is 106 Å². The van der Waals surface area contributed by atoms with Crippen molar-refractivity contribution in [2.24, 2.45) is 5.10 Å². The maximum absolute atomic E-state index is 12.5. The number of carbonyl (C=O) groups excluding carboxylic acids is 2. The summed E-state index contributed by atoms with van der Waals surface area (Å²) in [4.78, 5) is 24.6. The standard InChI is InChI=1S/C25H20BrClN2O4/c1-2-7-17-8-3-6-11-22(17)32-16-24(30)29-28-15-18-14-19(26)12-13-23(18)33-25(31)20-9-4-5-10-21(20)27/h2-6,8-15H,1,7,16H2,(H,29,30)/b28-15-. The van der Waals surface area contributed by atoms with Crippen molar-refractivity contribution in [3.63, 3.8) is 0 Å². The van der Waals surface area contributed by atoms with Gasteiger partial charge >= 0.3 is 5.97 Å². The first-order valence-electron chi connectivity index (χ1n) is 9.87. The van der Waals surface area contributed by atoms with E-state index in [0.717, 1.165) is 10.0 Å². The van der Waals surface area contributed by atoms with Gasteiger partial charge in [-0.2, -0.15) is 5.10 Å². The molecular formula is C25H20BrClN2O4. The molecule has 0 aliphatic carbocycles. The second kappa shape index (κ2) is 12.0. The molecule has 0 aliphatic heterocycles. The van der Waals surface area contributed by atoms with Crippen LogP contribution in [0.25, 0.3) is 0 Å². The van der Waals surface area contributed by atoms with Crippen molar-refractivity contribution in [3.8, 4) is 11.5 Å². The van der Waals surface area contributed by atoms with Crippen LogP contribution in [-0.4, -0.2) is 24.7 Å². The van der Waals surface area contributed by atoms with Gasteiger partial charge in [0, 0.05) is 10.0 Å². The number of rotatable bonds is 9. The van der Waals surface area contributed by atoms with Crippen LogP contribution >= 0.6 is 27.5 Å². The summed E-state index contributed by atoms with van der Waals surface area (Å²) in [6.07, 6.45) is 3.78. The maximum atomic E-state index is 12.5. The number of hydrogen-bond acceptors (Lipinski definition) is 5. The number of nitrogens with zero attached hydrogens (tertiary/aromatic N) is 1. The van der Waals surface area contributed by atoms with E-state index in [1.165, 1.54) is 6.21 Å². The average Bonchev–Trinajstić information content (AvgIpc) is 2.80. The van der Waals surface area contributed by atoms with E-state index in [4.69, 9.17) is 21.1 Å². The van der Waals surface area contributed by atoms with Crippen molar-refractivity contribution in [2.45, 2.75) is 6.42 Å². The van der Waals surface area contributed by atoms with Crippen LogP contribution in [0.5, 0.6) is 11.5 Å². The number of para-hydroxylation sites is 1. The van der Waals surface area contributed by atoms with Crippen molar-refractivity contribution in [1.82, 2.24) is 5.43 Å². The summed E-state index contributed by atoms with van der Waals surface area (Å²) in [5.41, 5.74) is 4.05. The van der Waals surface area contributed by atoms with Gasteiger partial charge in [0.25, 0.3) is 5.91 Å². The highest BCUT2D eigenvalue weighted by molar-refractivity contribution is 9.10. The van der Waals surface area contributed by atoms with E-state index in [1.54, 1.807) is 54.6 Å². The summed E-state index contributed by atoms with van der Waals surface area (Å²) in [6, 6.07) is 19.1. The van der Waals surface area contributed by atoms with Gasteiger partial charge in [-0.15, -0.1) is 6.58 Å². The number of nitrogens with one attached hydrogen (secondary N) is 1. The van der Waals surface area contributed by atoms with Crippen LogP contribution in [0.3, 0.4) is 0 Å². The molecule has 1 amide bonds. The Morgan fingerprint density at radius 3 is 2.61 bits per heavy atom.